The summed E-state index contributed by atoms with van der Waals surface area (Å²) >= 11 is 0. The van der Waals surface area contributed by atoms with Crippen molar-refractivity contribution in [3.63, 3.8) is 0 Å². The summed E-state index contributed by atoms with van der Waals surface area (Å²) in [7, 11) is 0. The van der Waals surface area contributed by atoms with Crippen LogP contribution in [0.1, 0.15) is 24.8 Å². The number of piperidine rings is 1. The van der Waals surface area contributed by atoms with Gasteiger partial charge in [-0.05, 0) is 37.0 Å². The fourth-order valence-corrected chi connectivity index (χ4v) is 2.25. The highest BCUT2D eigenvalue weighted by Gasteiger charge is 2.16. The van der Waals surface area contributed by atoms with E-state index < -0.39 is 5.97 Å². The largest absolute Gasteiger partial charge is 0.481 e. The molecule has 0 radical (unpaired) electrons. The van der Waals surface area contributed by atoms with Crippen molar-refractivity contribution in [2.75, 3.05) is 18.0 Å². The van der Waals surface area contributed by atoms with Crippen LogP contribution in [0.3, 0.4) is 0 Å². The van der Waals surface area contributed by atoms with E-state index in [-0.39, 0.29) is 12.5 Å². The second-order valence-electron chi connectivity index (χ2n) is 4.78. The highest BCUT2D eigenvalue weighted by molar-refractivity contribution is 5.67. The number of aliphatic hydroxyl groups excluding tert-OH is 1. The summed E-state index contributed by atoms with van der Waals surface area (Å²) in [6.45, 7) is 1.77. The SMILES string of the molecule is O=C(O)CCc1ccc(N2CCC(O)CC2)cc1. The molecule has 0 bridgehead atoms. The summed E-state index contributed by atoms with van der Waals surface area (Å²) < 4.78 is 0. The lowest BCUT2D eigenvalue weighted by Gasteiger charge is -2.31. The van der Waals surface area contributed by atoms with Crippen molar-refractivity contribution in [1.29, 1.82) is 0 Å². The summed E-state index contributed by atoms with van der Waals surface area (Å²) in [6, 6.07) is 8.05. The normalized spacial score (nSPS) is 16.8. The first-order chi connectivity index (χ1) is 8.65. The van der Waals surface area contributed by atoms with E-state index in [1.54, 1.807) is 0 Å². The molecule has 1 aliphatic rings. The van der Waals surface area contributed by atoms with Gasteiger partial charge in [0.1, 0.15) is 0 Å². The van der Waals surface area contributed by atoms with Crippen LogP contribution in [0.5, 0.6) is 0 Å². The Morgan fingerprint density at radius 2 is 1.83 bits per heavy atom. The van der Waals surface area contributed by atoms with Crippen molar-refractivity contribution < 1.29 is 15.0 Å². The number of rotatable bonds is 4. The van der Waals surface area contributed by atoms with Crippen molar-refractivity contribution in [2.45, 2.75) is 31.8 Å². The van der Waals surface area contributed by atoms with E-state index in [0.717, 1.165) is 37.2 Å². The Bertz CT molecular complexity index is 394. The number of aliphatic carboxylic acids is 1. The zero-order valence-electron chi connectivity index (χ0n) is 10.4. The predicted octanol–water partition coefficient (Wildman–Crippen LogP) is 1.66. The molecule has 4 heteroatoms. The molecule has 1 fully saturated rings. The summed E-state index contributed by atoms with van der Waals surface area (Å²) in [5, 5.41) is 18.1. The highest BCUT2D eigenvalue weighted by atomic mass is 16.4. The molecule has 0 amide bonds. The molecule has 4 nitrogen and oxygen atoms in total. The molecule has 1 aromatic carbocycles. The average molecular weight is 249 g/mol. The first kappa shape index (κ1) is 12.9. The molecule has 2 N–H and O–H groups in total. The smallest absolute Gasteiger partial charge is 0.303 e. The van der Waals surface area contributed by atoms with Crippen molar-refractivity contribution in [1.82, 2.24) is 0 Å². The van der Waals surface area contributed by atoms with E-state index in [1.807, 2.05) is 24.3 Å². The molecule has 0 spiro atoms. The van der Waals surface area contributed by atoms with Crippen molar-refractivity contribution >= 4 is 11.7 Å². The Morgan fingerprint density at radius 3 is 2.39 bits per heavy atom. The van der Waals surface area contributed by atoms with Gasteiger partial charge in [0.25, 0.3) is 0 Å². The number of nitrogens with zero attached hydrogens (tertiary/aromatic N) is 1. The third-order valence-electron chi connectivity index (χ3n) is 3.39. The third kappa shape index (κ3) is 3.47. The molecule has 1 saturated heterocycles. The lowest BCUT2D eigenvalue weighted by Crippen LogP contribution is -2.35. The Kier molecular flexibility index (Phi) is 4.20. The monoisotopic (exact) mass is 249 g/mol. The standard InChI is InChI=1S/C14H19NO3/c16-13-7-9-15(10-8-13)12-4-1-11(2-5-12)3-6-14(17)18/h1-2,4-5,13,16H,3,6-10H2,(H,17,18). The van der Waals surface area contributed by atoms with E-state index in [0.29, 0.717) is 6.42 Å². The fraction of sp³-hybridized carbons (Fsp3) is 0.500. The van der Waals surface area contributed by atoms with Gasteiger partial charge in [-0.2, -0.15) is 0 Å². The molecular weight excluding hydrogens is 230 g/mol. The minimum absolute atomic E-state index is 0.156. The van der Waals surface area contributed by atoms with Crippen LogP contribution in [0.2, 0.25) is 0 Å². The number of aliphatic hydroxyl groups is 1. The predicted molar refractivity (Wildman–Crippen MR) is 69.9 cm³/mol. The lowest BCUT2D eigenvalue weighted by molar-refractivity contribution is -0.136. The van der Waals surface area contributed by atoms with Crippen LogP contribution in [-0.2, 0) is 11.2 Å². The van der Waals surface area contributed by atoms with E-state index in [1.165, 1.54) is 0 Å². The van der Waals surface area contributed by atoms with Crippen LogP contribution in [0, 0.1) is 0 Å². The quantitative estimate of drug-likeness (QED) is 0.852. The number of carboxylic acid groups (broad SMARTS) is 1. The average Bonchev–Trinajstić information content (AvgIpc) is 2.38. The first-order valence-electron chi connectivity index (χ1n) is 6.39. The molecule has 0 atom stereocenters. The van der Waals surface area contributed by atoms with Gasteiger partial charge in [0, 0.05) is 25.2 Å². The molecular formula is C14H19NO3. The van der Waals surface area contributed by atoms with Crippen molar-refractivity contribution in [2.24, 2.45) is 0 Å². The van der Waals surface area contributed by atoms with Crippen LogP contribution in [0.4, 0.5) is 5.69 Å². The van der Waals surface area contributed by atoms with E-state index in [9.17, 15) is 9.90 Å². The lowest BCUT2D eigenvalue weighted by atomic mass is 10.1. The van der Waals surface area contributed by atoms with Gasteiger partial charge in [-0.15, -0.1) is 0 Å². The molecule has 0 aliphatic carbocycles. The van der Waals surface area contributed by atoms with E-state index in [2.05, 4.69) is 4.90 Å². The van der Waals surface area contributed by atoms with Crippen LogP contribution in [0.15, 0.2) is 24.3 Å². The maximum Gasteiger partial charge on any atom is 0.303 e. The summed E-state index contributed by atoms with van der Waals surface area (Å²) in [4.78, 5) is 12.7. The highest BCUT2D eigenvalue weighted by Crippen LogP contribution is 2.20. The topological polar surface area (TPSA) is 60.8 Å². The van der Waals surface area contributed by atoms with Gasteiger partial charge in [0.2, 0.25) is 0 Å². The Labute approximate surface area is 107 Å². The number of hydrogen-bond acceptors (Lipinski definition) is 3. The van der Waals surface area contributed by atoms with Crippen molar-refractivity contribution in [3.05, 3.63) is 29.8 Å². The maximum atomic E-state index is 10.5. The van der Waals surface area contributed by atoms with E-state index >= 15 is 0 Å². The molecule has 1 aliphatic heterocycles. The van der Waals surface area contributed by atoms with Crippen LogP contribution >= 0.6 is 0 Å². The van der Waals surface area contributed by atoms with Gasteiger partial charge in [-0.3, -0.25) is 4.79 Å². The van der Waals surface area contributed by atoms with Gasteiger partial charge in [-0.25, -0.2) is 0 Å². The Morgan fingerprint density at radius 1 is 1.22 bits per heavy atom. The second kappa shape index (κ2) is 5.87. The fourth-order valence-electron chi connectivity index (χ4n) is 2.25. The van der Waals surface area contributed by atoms with Crippen LogP contribution in [0.25, 0.3) is 0 Å². The zero-order chi connectivity index (χ0) is 13.0. The molecule has 0 unspecified atom stereocenters. The molecule has 1 heterocycles. The third-order valence-corrected chi connectivity index (χ3v) is 3.39. The minimum Gasteiger partial charge on any atom is -0.481 e. The molecule has 0 saturated carbocycles. The zero-order valence-corrected chi connectivity index (χ0v) is 10.4. The van der Waals surface area contributed by atoms with Gasteiger partial charge < -0.3 is 15.1 Å². The molecule has 2 rings (SSSR count). The molecule has 18 heavy (non-hydrogen) atoms. The number of benzene rings is 1. The number of carboxylic acids is 1. The number of carbonyl (C=O) groups is 1. The Balaban J connectivity index is 1.93. The molecule has 98 valence electrons. The Hall–Kier alpha value is -1.55. The number of anilines is 1. The van der Waals surface area contributed by atoms with Crippen LogP contribution in [-0.4, -0.2) is 35.4 Å². The summed E-state index contributed by atoms with van der Waals surface area (Å²) in [6.07, 6.45) is 2.24. The molecule has 0 aromatic heterocycles. The summed E-state index contributed by atoms with van der Waals surface area (Å²) in [5.41, 5.74) is 2.21. The van der Waals surface area contributed by atoms with E-state index in [4.69, 9.17) is 5.11 Å². The van der Waals surface area contributed by atoms with Crippen molar-refractivity contribution in [3.8, 4) is 0 Å². The van der Waals surface area contributed by atoms with Gasteiger partial charge in [0.15, 0.2) is 0 Å². The maximum absolute atomic E-state index is 10.5. The number of aryl methyl sites for hydroxylation is 1. The molecule has 1 aromatic rings. The van der Waals surface area contributed by atoms with Gasteiger partial charge in [0.05, 0.1) is 6.10 Å². The van der Waals surface area contributed by atoms with Crippen LogP contribution < -0.4 is 4.90 Å². The van der Waals surface area contributed by atoms with Gasteiger partial charge in [-0.1, -0.05) is 12.1 Å². The minimum atomic E-state index is -0.760. The first-order valence-corrected chi connectivity index (χ1v) is 6.39. The second-order valence-corrected chi connectivity index (χ2v) is 4.78. The number of hydrogen-bond donors (Lipinski definition) is 2. The van der Waals surface area contributed by atoms with Gasteiger partial charge >= 0.3 is 5.97 Å². The summed E-state index contributed by atoms with van der Waals surface area (Å²) in [5.74, 6) is -0.760.